The highest BCUT2D eigenvalue weighted by Gasteiger charge is 2.52. The summed E-state index contributed by atoms with van der Waals surface area (Å²) in [5.74, 6) is 3.62. The number of nitrogens with zero attached hydrogens (tertiary/aromatic N) is 1. The number of urea groups is 1. The van der Waals surface area contributed by atoms with E-state index >= 15 is 0 Å². The molecular weight excluding hydrogens is 444 g/mol. The van der Waals surface area contributed by atoms with Crippen LogP contribution in [0.4, 0.5) is 4.79 Å². The number of carbonyl (C=O) groups is 2. The van der Waals surface area contributed by atoms with Gasteiger partial charge >= 0.3 is 12.0 Å². The van der Waals surface area contributed by atoms with Crippen LogP contribution in [-0.2, 0) is 16.0 Å². The van der Waals surface area contributed by atoms with Gasteiger partial charge in [-0.25, -0.2) is 9.59 Å². The summed E-state index contributed by atoms with van der Waals surface area (Å²) < 4.78 is 16.4. The molecule has 4 bridgehead atoms. The van der Waals surface area contributed by atoms with E-state index < -0.39 is 6.04 Å². The molecule has 0 aromatic heterocycles. The fourth-order valence-corrected chi connectivity index (χ4v) is 7.59. The number of aryl methyl sites for hydroxylation is 1. The largest absolute Gasteiger partial charge is 0.497 e. The monoisotopic (exact) mass is 484 g/mol. The molecule has 35 heavy (non-hydrogen) atoms. The van der Waals surface area contributed by atoms with E-state index in [1.54, 1.807) is 19.1 Å². The summed E-state index contributed by atoms with van der Waals surface area (Å²) in [6.07, 6.45) is 11.3. The van der Waals surface area contributed by atoms with E-state index in [1.165, 1.54) is 19.3 Å². The Kier molecular flexibility index (Phi) is 7.12. The average Bonchev–Trinajstić information content (AvgIpc) is 2.85. The first kappa shape index (κ1) is 24.3. The number of likely N-dealkylation sites (tertiary alicyclic amines) is 1. The molecule has 7 heteroatoms. The molecule has 4 saturated carbocycles. The van der Waals surface area contributed by atoms with Crippen molar-refractivity contribution in [1.82, 2.24) is 10.2 Å². The summed E-state index contributed by atoms with van der Waals surface area (Å²) in [5, 5.41) is 3.44. The first-order valence-corrected chi connectivity index (χ1v) is 13.4. The third-order valence-electron chi connectivity index (χ3n) is 8.77. The summed E-state index contributed by atoms with van der Waals surface area (Å²) in [6, 6.07) is 5.17. The maximum Gasteiger partial charge on any atom is 0.328 e. The average molecular weight is 485 g/mol. The van der Waals surface area contributed by atoms with Gasteiger partial charge in [-0.2, -0.15) is 0 Å². The molecule has 1 aromatic carbocycles. The molecule has 1 saturated heterocycles. The second kappa shape index (κ2) is 10.3. The predicted molar refractivity (Wildman–Crippen MR) is 133 cm³/mol. The summed E-state index contributed by atoms with van der Waals surface area (Å²) in [5.41, 5.74) is 0.977. The molecular formula is C28H40N2O5. The molecule has 1 unspecified atom stereocenters. The molecule has 1 aromatic rings. The quantitative estimate of drug-likeness (QED) is 0.427. The van der Waals surface area contributed by atoms with Crippen LogP contribution in [0, 0.1) is 17.8 Å². The van der Waals surface area contributed by atoms with Crippen LogP contribution in [0.2, 0.25) is 0 Å². The SMILES string of the molecule is COc1ccc(OC)c(CCCOC(=O)C2CCCCN2C(=O)NC23CC4CC(CC(C4)C2)C3)c1. The van der Waals surface area contributed by atoms with Gasteiger partial charge in [0.25, 0.3) is 0 Å². The van der Waals surface area contributed by atoms with Crippen LogP contribution in [-0.4, -0.2) is 55.9 Å². The van der Waals surface area contributed by atoms with Gasteiger partial charge in [0.15, 0.2) is 0 Å². The Bertz CT molecular complexity index is 897. The van der Waals surface area contributed by atoms with E-state index in [0.29, 0.717) is 32.4 Å². The Balaban J connectivity index is 1.15. The molecule has 4 aliphatic carbocycles. The van der Waals surface area contributed by atoms with Crippen LogP contribution >= 0.6 is 0 Å². The topological polar surface area (TPSA) is 77.1 Å². The number of amides is 2. The Hall–Kier alpha value is -2.44. The summed E-state index contributed by atoms with van der Waals surface area (Å²) in [7, 11) is 3.29. The minimum absolute atomic E-state index is 0.0481. The fraction of sp³-hybridized carbons (Fsp3) is 0.714. The lowest BCUT2D eigenvalue weighted by Gasteiger charge is -2.57. The third-order valence-corrected chi connectivity index (χ3v) is 8.77. The van der Waals surface area contributed by atoms with Crippen molar-refractivity contribution in [2.75, 3.05) is 27.4 Å². The predicted octanol–water partition coefficient (Wildman–Crippen LogP) is 4.71. The van der Waals surface area contributed by atoms with Gasteiger partial charge < -0.3 is 24.4 Å². The van der Waals surface area contributed by atoms with Gasteiger partial charge in [-0.3, -0.25) is 0 Å². The highest BCUT2D eigenvalue weighted by Crippen LogP contribution is 2.55. The van der Waals surface area contributed by atoms with Gasteiger partial charge in [0.1, 0.15) is 17.5 Å². The molecule has 1 N–H and O–H groups in total. The van der Waals surface area contributed by atoms with E-state index in [1.807, 2.05) is 18.2 Å². The van der Waals surface area contributed by atoms with Crippen molar-refractivity contribution in [3.63, 3.8) is 0 Å². The molecule has 1 heterocycles. The van der Waals surface area contributed by atoms with Gasteiger partial charge in [-0.05, 0) is 112 Å². The summed E-state index contributed by atoms with van der Waals surface area (Å²) in [6.45, 7) is 0.944. The van der Waals surface area contributed by atoms with Crippen molar-refractivity contribution < 1.29 is 23.8 Å². The number of esters is 1. The number of rotatable bonds is 8. The molecule has 6 rings (SSSR count). The number of nitrogens with one attached hydrogen (secondary N) is 1. The van der Waals surface area contributed by atoms with E-state index in [2.05, 4.69) is 5.32 Å². The normalized spacial score (nSPS) is 31.2. The zero-order valence-corrected chi connectivity index (χ0v) is 21.2. The Morgan fingerprint density at radius 3 is 2.40 bits per heavy atom. The van der Waals surface area contributed by atoms with Gasteiger partial charge in [0.05, 0.1) is 20.8 Å². The Labute approximate surface area is 208 Å². The molecule has 5 aliphatic rings. The lowest BCUT2D eigenvalue weighted by atomic mass is 9.53. The minimum atomic E-state index is -0.482. The Morgan fingerprint density at radius 2 is 1.74 bits per heavy atom. The van der Waals surface area contributed by atoms with Crippen LogP contribution in [0.3, 0.4) is 0 Å². The molecule has 192 valence electrons. The summed E-state index contributed by atoms with van der Waals surface area (Å²) in [4.78, 5) is 28.2. The minimum Gasteiger partial charge on any atom is -0.497 e. The zero-order chi connectivity index (χ0) is 24.4. The first-order chi connectivity index (χ1) is 17.0. The van der Waals surface area contributed by atoms with E-state index in [-0.39, 0.29) is 17.5 Å². The van der Waals surface area contributed by atoms with E-state index in [0.717, 1.165) is 66.9 Å². The molecule has 1 aliphatic heterocycles. The highest BCUT2D eigenvalue weighted by molar-refractivity contribution is 5.84. The molecule has 7 nitrogen and oxygen atoms in total. The fourth-order valence-electron chi connectivity index (χ4n) is 7.59. The smallest absolute Gasteiger partial charge is 0.328 e. The maximum absolute atomic E-state index is 13.4. The van der Waals surface area contributed by atoms with Gasteiger partial charge in [0, 0.05) is 12.1 Å². The van der Waals surface area contributed by atoms with Gasteiger partial charge in [0.2, 0.25) is 0 Å². The van der Waals surface area contributed by atoms with Crippen LogP contribution in [0.15, 0.2) is 18.2 Å². The second-order valence-corrected chi connectivity index (χ2v) is 11.3. The van der Waals surface area contributed by atoms with Crippen molar-refractivity contribution in [3.8, 4) is 11.5 Å². The number of ether oxygens (including phenoxy) is 3. The standard InChI is InChI=1S/C28H40N2O5/c1-33-23-8-9-25(34-2)22(15-23)6-5-11-35-26(31)24-7-3-4-10-30(24)27(32)29-28-16-19-12-20(17-28)14-21(13-19)18-28/h8-9,15,19-21,24H,3-7,10-14,16-18H2,1-2H3,(H,29,32). The van der Waals surface area contributed by atoms with Crippen LogP contribution in [0.5, 0.6) is 11.5 Å². The maximum atomic E-state index is 13.4. The van der Waals surface area contributed by atoms with E-state index in [9.17, 15) is 9.59 Å². The van der Waals surface area contributed by atoms with Crippen molar-refractivity contribution >= 4 is 12.0 Å². The molecule has 2 amide bonds. The number of piperidine rings is 1. The number of hydrogen-bond acceptors (Lipinski definition) is 5. The lowest BCUT2D eigenvalue weighted by molar-refractivity contribution is -0.150. The summed E-state index contributed by atoms with van der Waals surface area (Å²) >= 11 is 0. The third kappa shape index (κ3) is 5.24. The van der Waals surface area contributed by atoms with E-state index in [4.69, 9.17) is 14.2 Å². The highest BCUT2D eigenvalue weighted by atomic mass is 16.5. The second-order valence-electron chi connectivity index (χ2n) is 11.3. The van der Waals surface area contributed by atoms with Gasteiger partial charge in [-0.15, -0.1) is 0 Å². The van der Waals surface area contributed by atoms with Crippen molar-refractivity contribution in [3.05, 3.63) is 23.8 Å². The van der Waals surface area contributed by atoms with Crippen LogP contribution in [0.1, 0.15) is 69.8 Å². The zero-order valence-electron chi connectivity index (χ0n) is 21.2. The van der Waals surface area contributed by atoms with Gasteiger partial charge in [-0.1, -0.05) is 0 Å². The van der Waals surface area contributed by atoms with Crippen molar-refractivity contribution in [2.24, 2.45) is 17.8 Å². The van der Waals surface area contributed by atoms with Crippen molar-refractivity contribution in [2.45, 2.75) is 82.2 Å². The lowest BCUT2D eigenvalue weighted by Crippen LogP contribution is -2.63. The molecule has 1 atom stereocenters. The number of benzene rings is 1. The number of hydrogen-bond donors (Lipinski definition) is 1. The number of carbonyl (C=O) groups excluding carboxylic acids is 2. The molecule has 0 spiro atoms. The molecule has 0 radical (unpaired) electrons. The first-order valence-electron chi connectivity index (χ1n) is 13.4. The van der Waals surface area contributed by atoms with Crippen molar-refractivity contribution in [1.29, 1.82) is 0 Å². The Morgan fingerprint density at radius 1 is 1.03 bits per heavy atom. The van der Waals surface area contributed by atoms with Crippen LogP contribution in [0.25, 0.3) is 0 Å². The molecule has 5 fully saturated rings. The van der Waals surface area contributed by atoms with Crippen LogP contribution < -0.4 is 14.8 Å². The number of methoxy groups -OCH3 is 2.